The largest absolute Gasteiger partial charge is 0.464 e. The molecule has 0 unspecified atom stereocenters. The summed E-state index contributed by atoms with van der Waals surface area (Å²) < 4.78 is 68.1. The van der Waals surface area contributed by atoms with Gasteiger partial charge in [0.15, 0.2) is 0 Å². The van der Waals surface area contributed by atoms with Crippen LogP contribution in [0.15, 0.2) is 83.4 Å². The van der Waals surface area contributed by atoms with Crippen molar-refractivity contribution in [3.8, 4) is 11.3 Å². The van der Waals surface area contributed by atoms with Crippen molar-refractivity contribution < 1.29 is 15.4 Å². The van der Waals surface area contributed by atoms with E-state index in [4.69, 9.17) is 15.4 Å². The molecule has 0 aliphatic rings. The Kier molecular flexibility index (Phi) is 1.57. The van der Waals surface area contributed by atoms with Crippen molar-refractivity contribution in [1.29, 1.82) is 0 Å². The van der Waals surface area contributed by atoms with Crippen LogP contribution in [-0.2, 0) is 0 Å². The number of pyridine rings is 1. The SMILES string of the molecule is [2H]c1nc(-c2ccccc3c([2H])c([2H])c([2H])c([2H])c3oc2)c([2H])c([2H])c1[2H]. The summed E-state index contributed by atoms with van der Waals surface area (Å²) in [6, 6.07) is 3.48. The number of para-hydroxylation sites is 1. The Balaban J connectivity index is 2.39. The number of rotatable bonds is 1. The van der Waals surface area contributed by atoms with Gasteiger partial charge in [-0.15, -0.1) is 0 Å². The van der Waals surface area contributed by atoms with Crippen molar-refractivity contribution >= 4 is 11.0 Å². The van der Waals surface area contributed by atoms with Gasteiger partial charge in [0, 0.05) is 17.1 Å². The first-order valence-corrected chi connectivity index (χ1v) is 5.50. The molecule has 2 heteroatoms. The number of hydrogen-bond acceptors (Lipinski definition) is 2. The van der Waals surface area contributed by atoms with E-state index in [2.05, 4.69) is 4.98 Å². The molecule has 0 N–H and O–H groups in total. The summed E-state index contributed by atoms with van der Waals surface area (Å²) in [6.07, 6.45) is 0.712. The molecule has 19 heavy (non-hydrogen) atoms. The lowest BCUT2D eigenvalue weighted by molar-refractivity contribution is 0.608. The minimum atomic E-state index is -0.448. The first-order valence-electron chi connectivity index (χ1n) is 9.50. The molecule has 92 valence electrons. The molecule has 2 heterocycles. The number of hydrogen-bond donors (Lipinski definition) is 0. The summed E-state index contributed by atoms with van der Waals surface area (Å²) in [7, 11) is 0. The van der Waals surface area contributed by atoms with Gasteiger partial charge in [0.25, 0.3) is 0 Å². The van der Waals surface area contributed by atoms with E-state index in [9.17, 15) is 0 Å². The van der Waals surface area contributed by atoms with Crippen molar-refractivity contribution in [2.24, 2.45) is 0 Å². The van der Waals surface area contributed by atoms with Gasteiger partial charge in [-0.3, -0.25) is 4.98 Å². The lowest BCUT2D eigenvalue weighted by Gasteiger charge is -1.96. The van der Waals surface area contributed by atoms with Crippen LogP contribution in [0.1, 0.15) is 11.0 Å². The first-order chi connectivity index (χ1) is 12.7. The molecular formula is C17H13NO. The third-order valence-electron chi connectivity index (χ3n) is 2.37. The van der Waals surface area contributed by atoms with Crippen LogP contribution in [0.5, 0.6) is 0 Å². The zero-order valence-corrected chi connectivity index (χ0v) is 9.74. The monoisotopic (exact) mass is 255 g/mol. The Morgan fingerprint density at radius 1 is 0.947 bits per heavy atom. The normalized spacial score (nSPS) is 16.0. The molecule has 3 rings (SSSR count). The van der Waals surface area contributed by atoms with E-state index in [-0.39, 0.29) is 46.4 Å². The highest BCUT2D eigenvalue weighted by atomic mass is 16.3. The Hall–Kier alpha value is -2.61. The van der Waals surface area contributed by atoms with Gasteiger partial charge < -0.3 is 4.42 Å². The molecule has 0 radical (unpaired) electrons. The van der Waals surface area contributed by atoms with Gasteiger partial charge in [0.05, 0.1) is 16.7 Å². The fraction of sp³-hybridized carbons (Fsp3) is 0. The highest BCUT2D eigenvalue weighted by Gasteiger charge is 1.96. The quantitative estimate of drug-likeness (QED) is 0.634. The molecule has 0 saturated heterocycles. The smallest absolute Gasteiger partial charge is 0.133 e. The van der Waals surface area contributed by atoms with Crippen molar-refractivity contribution in [2.45, 2.75) is 0 Å². The van der Waals surface area contributed by atoms with E-state index in [0.29, 0.717) is 0 Å². The highest BCUT2D eigenvalue weighted by molar-refractivity contribution is 5.75. The zero-order valence-electron chi connectivity index (χ0n) is 17.7. The Morgan fingerprint density at radius 3 is 2.79 bits per heavy atom. The van der Waals surface area contributed by atoms with Crippen molar-refractivity contribution in [3.05, 3.63) is 79.0 Å². The predicted molar refractivity (Wildman–Crippen MR) is 77.1 cm³/mol. The fourth-order valence-corrected chi connectivity index (χ4v) is 1.50. The van der Waals surface area contributed by atoms with Crippen LogP contribution in [0, 0.1) is 0 Å². The van der Waals surface area contributed by atoms with Crippen molar-refractivity contribution in [3.63, 3.8) is 0 Å². The number of nitrogens with zero attached hydrogens (tertiary/aromatic N) is 1. The molecule has 0 saturated carbocycles. The second kappa shape index (κ2) is 5.36. The Bertz CT molecular complexity index is 1120. The number of aromatic nitrogens is 1. The van der Waals surface area contributed by atoms with Crippen LogP contribution in [0.2, 0.25) is 0 Å². The van der Waals surface area contributed by atoms with E-state index in [1.807, 2.05) is 0 Å². The standard InChI is InChI=1S/C17H13NO/c1-2-9-15(16-10-5-6-12-18-16)13-19-17-11-4-3-8-14(17)7-1/h1-13H/i3D,4D,5D,6D,8D,10D,11D,12D. The Morgan fingerprint density at radius 2 is 1.79 bits per heavy atom. The van der Waals surface area contributed by atoms with Gasteiger partial charge in [-0.05, 0) is 24.2 Å². The van der Waals surface area contributed by atoms with Crippen molar-refractivity contribution in [2.75, 3.05) is 0 Å². The molecule has 0 amide bonds. The van der Waals surface area contributed by atoms with E-state index in [1.165, 1.54) is 12.1 Å². The van der Waals surface area contributed by atoms with Gasteiger partial charge >= 0.3 is 0 Å². The molecule has 2 nitrogen and oxygen atoms in total. The summed E-state index contributed by atoms with van der Waals surface area (Å²) in [5, 5.41) is 0.172. The molecule has 0 bridgehead atoms. The Labute approximate surface area is 122 Å². The molecule has 0 atom stereocenters. The molecule has 0 spiro atoms. The van der Waals surface area contributed by atoms with E-state index >= 15 is 0 Å². The third-order valence-corrected chi connectivity index (χ3v) is 2.37. The minimum Gasteiger partial charge on any atom is -0.464 e. The molecule has 0 aliphatic heterocycles. The van der Waals surface area contributed by atoms with Crippen molar-refractivity contribution in [1.82, 2.24) is 4.98 Å². The number of fused-ring (bicyclic) bond motifs is 1. The maximum atomic E-state index is 8.02. The summed E-state index contributed by atoms with van der Waals surface area (Å²) in [4.78, 5) is 3.88. The highest BCUT2D eigenvalue weighted by Crippen LogP contribution is 2.16. The second-order valence-corrected chi connectivity index (χ2v) is 3.60. The van der Waals surface area contributed by atoms with Crippen LogP contribution in [-0.4, -0.2) is 4.98 Å². The van der Waals surface area contributed by atoms with E-state index in [1.54, 1.807) is 12.1 Å². The lowest BCUT2D eigenvalue weighted by Crippen LogP contribution is -1.78. The maximum absolute atomic E-state index is 8.02. The molecular weight excluding hydrogens is 234 g/mol. The van der Waals surface area contributed by atoms with E-state index in [0.717, 1.165) is 6.26 Å². The molecule has 3 aromatic rings. The molecule has 0 fully saturated rings. The minimum absolute atomic E-state index is 0.0325. The topological polar surface area (TPSA) is 26.0 Å². The van der Waals surface area contributed by atoms with Gasteiger partial charge in [0.2, 0.25) is 0 Å². The van der Waals surface area contributed by atoms with Gasteiger partial charge in [-0.1, -0.05) is 42.4 Å². The molecule has 0 aliphatic carbocycles. The molecule has 2 aromatic heterocycles. The predicted octanol–water partition coefficient (Wildman–Crippen LogP) is 4.62. The van der Waals surface area contributed by atoms with Crippen LogP contribution in [0.25, 0.3) is 22.2 Å². The summed E-state index contributed by atoms with van der Waals surface area (Å²) in [5.74, 6) is 0. The van der Waals surface area contributed by atoms with E-state index < -0.39 is 24.3 Å². The average molecular weight is 255 g/mol. The maximum Gasteiger partial charge on any atom is 0.133 e. The van der Waals surface area contributed by atoms with Gasteiger partial charge in [0.1, 0.15) is 11.8 Å². The third kappa shape index (κ3) is 2.63. The lowest BCUT2D eigenvalue weighted by atomic mass is 10.2. The van der Waals surface area contributed by atoms with Crippen LogP contribution in [0.3, 0.4) is 0 Å². The summed E-state index contributed by atoms with van der Waals surface area (Å²) in [5.41, 5.74) is 0.112. The van der Waals surface area contributed by atoms with Crippen LogP contribution in [0.4, 0.5) is 0 Å². The number of benzene rings is 1. The average Bonchev–Trinajstić information content (AvgIpc) is 2.76. The summed E-state index contributed by atoms with van der Waals surface area (Å²) in [6.45, 7) is 0. The van der Waals surface area contributed by atoms with Gasteiger partial charge in [-0.25, -0.2) is 0 Å². The second-order valence-electron chi connectivity index (χ2n) is 3.60. The summed E-state index contributed by atoms with van der Waals surface area (Å²) >= 11 is 0. The zero-order chi connectivity index (χ0) is 19.9. The van der Waals surface area contributed by atoms with Crippen LogP contribution >= 0.6 is 0 Å². The molecule has 1 aromatic carbocycles. The van der Waals surface area contributed by atoms with Gasteiger partial charge in [-0.2, -0.15) is 0 Å². The first kappa shape index (κ1) is 5.57. The fourth-order valence-electron chi connectivity index (χ4n) is 1.50. The van der Waals surface area contributed by atoms with Crippen LogP contribution < -0.4 is 0 Å².